The van der Waals surface area contributed by atoms with Gasteiger partial charge < -0.3 is 9.79 Å². The number of fused-ring (bicyclic) bond motifs is 1. The maximum absolute atomic E-state index is 11.9. The van der Waals surface area contributed by atoms with Crippen molar-refractivity contribution in [3.63, 3.8) is 0 Å². The van der Waals surface area contributed by atoms with Crippen molar-refractivity contribution in [2.75, 3.05) is 6.29 Å². The van der Waals surface area contributed by atoms with Gasteiger partial charge in [0.15, 0.2) is 0 Å². The summed E-state index contributed by atoms with van der Waals surface area (Å²) in [5.74, 6) is 0. The number of thiophene rings is 1. The quantitative estimate of drug-likeness (QED) is 0.726. The van der Waals surface area contributed by atoms with Crippen LogP contribution >= 0.6 is 18.9 Å². The molecule has 1 aromatic carbocycles. The standard InChI is InChI=1S/C11H12NO5PS2/c1-2-8-3-4-10-9(5-8)6-11(19-10)20(16,17)12-7-18(13,14)15/h2-6,12H,1,7H2,(H2,13,14,15). The summed E-state index contributed by atoms with van der Waals surface area (Å²) >= 11 is 1.04. The maximum atomic E-state index is 11.9. The van der Waals surface area contributed by atoms with Gasteiger partial charge in [-0.1, -0.05) is 18.7 Å². The first-order valence-electron chi connectivity index (χ1n) is 5.41. The van der Waals surface area contributed by atoms with Crippen molar-refractivity contribution in [1.82, 2.24) is 4.72 Å². The number of rotatable bonds is 5. The molecule has 0 aliphatic rings. The summed E-state index contributed by atoms with van der Waals surface area (Å²) in [6.45, 7) is 3.64. The van der Waals surface area contributed by atoms with Crippen molar-refractivity contribution in [3.05, 3.63) is 36.4 Å². The molecule has 0 saturated heterocycles. The minimum absolute atomic E-state index is 0.0159. The van der Waals surface area contributed by atoms with Crippen molar-refractivity contribution >= 4 is 45.1 Å². The van der Waals surface area contributed by atoms with Gasteiger partial charge >= 0.3 is 7.60 Å². The first-order chi connectivity index (χ1) is 9.21. The monoisotopic (exact) mass is 333 g/mol. The van der Waals surface area contributed by atoms with Crippen LogP contribution < -0.4 is 4.72 Å². The summed E-state index contributed by atoms with van der Waals surface area (Å²) in [5, 5.41) is 0.740. The fourth-order valence-corrected chi connectivity index (χ4v) is 4.97. The molecule has 0 aliphatic heterocycles. The summed E-state index contributed by atoms with van der Waals surface area (Å²) in [6.07, 6.45) is 0.735. The highest BCUT2D eigenvalue weighted by Gasteiger charge is 2.22. The third kappa shape index (κ3) is 3.54. The van der Waals surface area contributed by atoms with Gasteiger partial charge in [0.2, 0.25) is 0 Å². The van der Waals surface area contributed by atoms with Gasteiger partial charge in [0.05, 0.1) is 0 Å². The molecule has 1 aromatic heterocycles. The van der Waals surface area contributed by atoms with Gasteiger partial charge in [-0.05, 0) is 29.1 Å². The predicted octanol–water partition coefficient (Wildman–Crippen LogP) is 1.96. The average molecular weight is 333 g/mol. The Morgan fingerprint density at radius 3 is 2.65 bits per heavy atom. The first-order valence-corrected chi connectivity index (χ1v) is 9.51. The molecule has 0 bridgehead atoms. The molecule has 9 heteroatoms. The first kappa shape index (κ1) is 15.4. The maximum Gasteiger partial charge on any atom is 0.340 e. The second-order valence-corrected chi connectivity index (χ2v) is 8.76. The SMILES string of the molecule is C=Cc1ccc2sc(S(=O)(=O)NCP(=O)(O)O)cc2c1. The number of nitrogens with one attached hydrogen (secondary N) is 1. The lowest BCUT2D eigenvalue weighted by atomic mass is 10.2. The van der Waals surface area contributed by atoms with Gasteiger partial charge in [-0.3, -0.25) is 4.57 Å². The number of benzene rings is 1. The third-order valence-electron chi connectivity index (χ3n) is 2.48. The smallest absolute Gasteiger partial charge is 0.324 e. The largest absolute Gasteiger partial charge is 0.340 e. The van der Waals surface area contributed by atoms with Gasteiger partial charge in [-0.2, -0.15) is 4.72 Å². The van der Waals surface area contributed by atoms with Gasteiger partial charge in [-0.15, -0.1) is 11.3 Å². The highest BCUT2D eigenvalue weighted by molar-refractivity contribution is 7.92. The highest BCUT2D eigenvalue weighted by Crippen LogP contribution is 2.34. The van der Waals surface area contributed by atoms with E-state index in [9.17, 15) is 13.0 Å². The molecule has 2 aromatic rings. The van der Waals surface area contributed by atoms with E-state index in [0.717, 1.165) is 27.0 Å². The molecule has 6 nitrogen and oxygen atoms in total. The number of sulfonamides is 1. The van der Waals surface area contributed by atoms with Crippen LogP contribution in [0.5, 0.6) is 0 Å². The van der Waals surface area contributed by atoms with Gasteiger partial charge in [0.1, 0.15) is 10.5 Å². The van der Waals surface area contributed by atoms with Gasteiger partial charge in [0, 0.05) is 4.70 Å². The van der Waals surface area contributed by atoms with Crippen molar-refractivity contribution in [1.29, 1.82) is 0 Å². The molecule has 0 aliphatic carbocycles. The Labute approximate surface area is 120 Å². The zero-order valence-corrected chi connectivity index (χ0v) is 12.7. The molecular weight excluding hydrogens is 321 g/mol. The molecule has 0 amide bonds. The summed E-state index contributed by atoms with van der Waals surface area (Å²) in [7, 11) is -8.35. The number of hydrogen-bond acceptors (Lipinski definition) is 4. The minimum Gasteiger partial charge on any atom is -0.324 e. The lowest BCUT2D eigenvalue weighted by molar-refractivity contribution is 0.371. The fourth-order valence-electron chi connectivity index (χ4n) is 1.54. The zero-order valence-electron chi connectivity index (χ0n) is 10.2. The molecule has 0 atom stereocenters. The molecule has 20 heavy (non-hydrogen) atoms. The Bertz CT molecular complexity index is 805. The summed E-state index contributed by atoms with van der Waals surface area (Å²) in [4.78, 5) is 17.4. The average Bonchev–Trinajstić information content (AvgIpc) is 2.79. The highest BCUT2D eigenvalue weighted by atomic mass is 32.2. The molecule has 0 saturated carbocycles. The summed E-state index contributed by atoms with van der Waals surface area (Å²) in [5.41, 5.74) is 0.863. The Balaban J connectivity index is 2.37. The van der Waals surface area contributed by atoms with Crippen molar-refractivity contribution in [2.45, 2.75) is 4.21 Å². The van der Waals surface area contributed by atoms with E-state index in [1.165, 1.54) is 6.07 Å². The summed E-state index contributed by atoms with van der Waals surface area (Å²) in [6, 6.07) is 6.85. The lowest BCUT2D eigenvalue weighted by Crippen LogP contribution is -2.23. The van der Waals surface area contributed by atoms with Crippen LogP contribution in [-0.2, 0) is 14.6 Å². The van der Waals surface area contributed by atoms with Crippen LogP contribution in [0.4, 0.5) is 0 Å². The van der Waals surface area contributed by atoms with Crippen LogP contribution in [0.15, 0.2) is 35.1 Å². The van der Waals surface area contributed by atoms with Crippen molar-refractivity contribution in [3.8, 4) is 0 Å². The molecule has 0 fully saturated rings. The van der Waals surface area contributed by atoms with Crippen LogP contribution in [0.25, 0.3) is 16.2 Å². The Morgan fingerprint density at radius 1 is 1.35 bits per heavy atom. The Morgan fingerprint density at radius 2 is 2.05 bits per heavy atom. The third-order valence-corrected chi connectivity index (χ3v) is 6.25. The van der Waals surface area contributed by atoms with E-state index >= 15 is 0 Å². The molecule has 0 unspecified atom stereocenters. The second-order valence-electron chi connectivity index (χ2n) is 4.04. The lowest BCUT2D eigenvalue weighted by Gasteiger charge is -2.05. The topological polar surface area (TPSA) is 104 Å². The van der Waals surface area contributed by atoms with Crippen LogP contribution in [0, 0.1) is 0 Å². The Kier molecular flexibility index (Phi) is 4.15. The number of hydrogen-bond donors (Lipinski definition) is 3. The van der Waals surface area contributed by atoms with Gasteiger partial charge in [0.25, 0.3) is 10.0 Å². The van der Waals surface area contributed by atoms with Crippen LogP contribution in [0.1, 0.15) is 5.56 Å². The Hall–Kier alpha value is -1.02. The molecular formula is C11H12NO5PS2. The second kappa shape index (κ2) is 5.40. The van der Waals surface area contributed by atoms with Gasteiger partial charge in [-0.25, -0.2) is 8.42 Å². The molecule has 1 heterocycles. The molecule has 3 N–H and O–H groups in total. The van der Waals surface area contributed by atoms with Crippen LogP contribution in [0.2, 0.25) is 0 Å². The van der Waals surface area contributed by atoms with Crippen LogP contribution in [0.3, 0.4) is 0 Å². The molecule has 2 rings (SSSR count). The van der Waals surface area contributed by atoms with Crippen LogP contribution in [-0.4, -0.2) is 24.5 Å². The van der Waals surface area contributed by atoms with E-state index in [2.05, 4.69) is 6.58 Å². The van der Waals surface area contributed by atoms with E-state index in [-0.39, 0.29) is 4.21 Å². The fraction of sp³-hybridized carbons (Fsp3) is 0.0909. The van der Waals surface area contributed by atoms with Crippen molar-refractivity contribution < 1.29 is 22.8 Å². The van der Waals surface area contributed by atoms with Crippen molar-refractivity contribution in [2.24, 2.45) is 0 Å². The summed E-state index contributed by atoms with van der Waals surface area (Å²) < 4.78 is 37.3. The normalized spacial score (nSPS) is 12.7. The van der Waals surface area contributed by atoms with E-state index < -0.39 is 23.9 Å². The molecule has 108 valence electrons. The predicted molar refractivity (Wildman–Crippen MR) is 79.1 cm³/mol. The van der Waals surface area contributed by atoms with E-state index in [1.807, 2.05) is 10.8 Å². The van der Waals surface area contributed by atoms with E-state index in [4.69, 9.17) is 9.79 Å². The van der Waals surface area contributed by atoms with E-state index in [0.29, 0.717) is 0 Å². The molecule has 0 spiro atoms. The zero-order chi connectivity index (χ0) is 15.0. The van der Waals surface area contributed by atoms with E-state index in [1.54, 1.807) is 18.2 Å². The minimum atomic E-state index is -4.43. The molecule has 0 radical (unpaired) electrons.